The van der Waals surface area contributed by atoms with Gasteiger partial charge < -0.3 is 20.1 Å². The molecular formula is C12H22N2O4S. The number of rotatable bonds is 6. The van der Waals surface area contributed by atoms with E-state index < -0.39 is 12.1 Å². The third-order valence-electron chi connectivity index (χ3n) is 3.10. The molecule has 1 heterocycles. The first-order chi connectivity index (χ1) is 9.06. The number of carbonyl (C=O) groups excluding carboxylic acids is 1. The fourth-order valence-electron chi connectivity index (χ4n) is 1.90. The molecule has 1 rings (SSSR count). The number of hydrogen-bond acceptors (Lipinski definition) is 4. The molecule has 7 heteroatoms. The molecule has 0 radical (unpaired) electrons. The number of amides is 2. The van der Waals surface area contributed by atoms with Gasteiger partial charge >= 0.3 is 12.0 Å². The van der Waals surface area contributed by atoms with Gasteiger partial charge in [0.05, 0.1) is 12.5 Å². The first-order valence-electron chi connectivity index (χ1n) is 6.45. The summed E-state index contributed by atoms with van der Waals surface area (Å²) in [5.41, 5.74) is 0. The Labute approximate surface area is 117 Å². The standard InChI is InChI=1S/C12H22N2O4S/c1-3-10-8-14(4-5-19-10)12(17)13-7-9(18-2)6-11(15)16/h9-10H,3-8H2,1-2H3,(H,13,17)(H,15,16). The topological polar surface area (TPSA) is 78.9 Å². The fourth-order valence-corrected chi connectivity index (χ4v) is 3.08. The quantitative estimate of drug-likeness (QED) is 0.763. The van der Waals surface area contributed by atoms with Crippen molar-refractivity contribution in [2.75, 3.05) is 32.5 Å². The smallest absolute Gasteiger partial charge is 0.317 e. The number of hydrogen-bond donors (Lipinski definition) is 2. The van der Waals surface area contributed by atoms with Crippen molar-refractivity contribution in [2.24, 2.45) is 0 Å². The molecule has 2 unspecified atom stereocenters. The number of nitrogens with one attached hydrogen (secondary N) is 1. The van der Waals surface area contributed by atoms with E-state index in [1.54, 1.807) is 4.90 Å². The van der Waals surface area contributed by atoms with Crippen molar-refractivity contribution < 1.29 is 19.4 Å². The molecule has 0 aromatic heterocycles. The predicted molar refractivity (Wildman–Crippen MR) is 74.6 cm³/mol. The molecule has 0 aromatic carbocycles. The Morgan fingerprint density at radius 2 is 2.32 bits per heavy atom. The van der Waals surface area contributed by atoms with Crippen molar-refractivity contribution in [1.29, 1.82) is 0 Å². The lowest BCUT2D eigenvalue weighted by atomic mass is 10.2. The Morgan fingerprint density at radius 1 is 1.58 bits per heavy atom. The molecule has 2 N–H and O–H groups in total. The van der Waals surface area contributed by atoms with Gasteiger partial charge in [-0.1, -0.05) is 6.92 Å². The molecule has 2 atom stereocenters. The SMILES string of the molecule is CCC1CN(C(=O)NCC(CC(=O)O)OC)CCS1. The molecule has 2 amide bonds. The summed E-state index contributed by atoms with van der Waals surface area (Å²) in [6.45, 7) is 3.84. The molecule has 1 aliphatic rings. The van der Waals surface area contributed by atoms with Gasteiger partial charge in [0.15, 0.2) is 0 Å². The van der Waals surface area contributed by atoms with Gasteiger partial charge in [-0.15, -0.1) is 0 Å². The van der Waals surface area contributed by atoms with Crippen LogP contribution in [0.5, 0.6) is 0 Å². The maximum atomic E-state index is 12.0. The Bertz CT molecular complexity index is 314. The molecule has 19 heavy (non-hydrogen) atoms. The summed E-state index contributed by atoms with van der Waals surface area (Å²) in [4.78, 5) is 24.3. The van der Waals surface area contributed by atoms with Crippen molar-refractivity contribution in [3.05, 3.63) is 0 Å². The Kier molecular flexibility index (Phi) is 7.01. The van der Waals surface area contributed by atoms with Gasteiger partial charge in [-0.05, 0) is 6.42 Å². The lowest BCUT2D eigenvalue weighted by molar-refractivity contribution is -0.139. The average molecular weight is 290 g/mol. The van der Waals surface area contributed by atoms with Crippen LogP contribution in [-0.4, -0.2) is 65.9 Å². The van der Waals surface area contributed by atoms with Gasteiger partial charge in [-0.2, -0.15) is 11.8 Å². The van der Waals surface area contributed by atoms with Crippen LogP contribution in [0.1, 0.15) is 19.8 Å². The van der Waals surface area contributed by atoms with E-state index in [4.69, 9.17) is 9.84 Å². The summed E-state index contributed by atoms with van der Waals surface area (Å²) in [6.07, 6.45) is 0.459. The summed E-state index contributed by atoms with van der Waals surface area (Å²) < 4.78 is 5.02. The first-order valence-corrected chi connectivity index (χ1v) is 7.50. The van der Waals surface area contributed by atoms with Gasteiger partial charge in [-0.3, -0.25) is 4.79 Å². The van der Waals surface area contributed by atoms with Crippen LogP contribution in [0.4, 0.5) is 4.79 Å². The van der Waals surface area contributed by atoms with Crippen LogP contribution < -0.4 is 5.32 Å². The van der Waals surface area contributed by atoms with Crippen molar-refractivity contribution >= 4 is 23.8 Å². The second-order valence-electron chi connectivity index (χ2n) is 4.49. The summed E-state index contributed by atoms with van der Waals surface area (Å²) in [7, 11) is 1.45. The van der Waals surface area contributed by atoms with Crippen LogP contribution in [0.3, 0.4) is 0 Å². The number of carboxylic acids is 1. The van der Waals surface area contributed by atoms with E-state index in [0.29, 0.717) is 5.25 Å². The Balaban J connectivity index is 2.35. The van der Waals surface area contributed by atoms with Crippen LogP contribution in [0.15, 0.2) is 0 Å². The van der Waals surface area contributed by atoms with E-state index >= 15 is 0 Å². The number of methoxy groups -OCH3 is 1. The van der Waals surface area contributed by atoms with Gasteiger partial charge in [0, 0.05) is 37.7 Å². The summed E-state index contributed by atoms with van der Waals surface area (Å²) >= 11 is 1.90. The van der Waals surface area contributed by atoms with E-state index in [9.17, 15) is 9.59 Å². The lowest BCUT2D eigenvalue weighted by Gasteiger charge is -2.32. The van der Waals surface area contributed by atoms with Crippen LogP contribution >= 0.6 is 11.8 Å². The number of urea groups is 1. The fraction of sp³-hybridized carbons (Fsp3) is 0.833. The summed E-state index contributed by atoms with van der Waals surface area (Å²) in [6, 6.07) is -0.133. The van der Waals surface area contributed by atoms with Gasteiger partial charge in [0.1, 0.15) is 0 Å². The highest BCUT2D eigenvalue weighted by molar-refractivity contribution is 8.00. The minimum Gasteiger partial charge on any atom is -0.481 e. The van der Waals surface area contributed by atoms with Crippen molar-refractivity contribution in [3.63, 3.8) is 0 Å². The van der Waals surface area contributed by atoms with Gasteiger partial charge in [-0.25, -0.2) is 4.79 Å². The molecule has 0 bridgehead atoms. The summed E-state index contributed by atoms with van der Waals surface area (Å²) in [5.74, 6) is 0.0240. The minimum absolute atomic E-state index is 0.107. The van der Waals surface area contributed by atoms with Crippen LogP contribution in [0.2, 0.25) is 0 Å². The van der Waals surface area contributed by atoms with E-state index in [1.807, 2.05) is 11.8 Å². The second-order valence-corrected chi connectivity index (χ2v) is 5.90. The normalized spacial score (nSPS) is 20.9. The molecule has 0 spiro atoms. The number of aliphatic carboxylic acids is 1. The summed E-state index contributed by atoms with van der Waals surface area (Å²) in [5, 5.41) is 11.9. The maximum absolute atomic E-state index is 12.0. The zero-order valence-electron chi connectivity index (χ0n) is 11.4. The second kappa shape index (κ2) is 8.27. The van der Waals surface area contributed by atoms with E-state index in [-0.39, 0.29) is 19.0 Å². The largest absolute Gasteiger partial charge is 0.481 e. The zero-order valence-corrected chi connectivity index (χ0v) is 12.2. The van der Waals surface area contributed by atoms with E-state index in [1.165, 1.54) is 7.11 Å². The number of carboxylic acid groups (broad SMARTS) is 1. The molecule has 1 fully saturated rings. The molecule has 1 aliphatic heterocycles. The van der Waals surface area contributed by atoms with Crippen molar-refractivity contribution in [2.45, 2.75) is 31.1 Å². The van der Waals surface area contributed by atoms with E-state index in [2.05, 4.69) is 12.2 Å². The highest BCUT2D eigenvalue weighted by Crippen LogP contribution is 2.20. The minimum atomic E-state index is -0.929. The molecule has 0 aromatic rings. The maximum Gasteiger partial charge on any atom is 0.317 e. The number of ether oxygens (including phenoxy) is 1. The molecule has 0 saturated carbocycles. The lowest BCUT2D eigenvalue weighted by Crippen LogP contribution is -2.48. The Hall–Kier alpha value is -0.950. The van der Waals surface area contributed by atoms with Crippen molar-refractivity contribution in [1.82, 2.24) is 10.2 Å². The average Bonchev–Trinajstić information content (AvgIpc) is 2.42. The monoisotopic (exact) mass is 290 g/mol. The highest BCUT2D eigenvalue weighted by atomic mass is 32.2. The van der Waals surface area contributed by atoms with Gasteiger partial charge in [0.25, 0.3) is 0 Å². The van der Waals surface area contributed by atoms with Gasteiger partial charge in [0.2, 0.25) is 0 Å². The van der Waals surface area contributed by atoms with Crippen molar-refractivity contribution in [3.8, 4) is 0 Å². The molecule has 6 nitrogen and oxygen atoms in total. The number of nitrogens with zero attached hydrogens (tertiary/aromatic N) is 1. The van der Waals surface area contributed by atoms with Crippen LogP contribution in [0, 0.1) is 0 Å². The van der Waals surface area contributed by atoms with E-state index in [0.717, 1.165) is 25.3 Å². The molecule has 1 saturated heterocycles. The number of carbonyl (C=O) groups is 2. The molecule has 0 aliphatic carbocycles. The predicted octanol–water partition coefficient (Wildman–Crippen LogP) is 1.01. The zero-order chi connectivity index (χ0) is 14.3. The third kappa shape index (κ3) is 5.69. The molecule has 110 valence electrons. The highest BCUT2D eigenvalue weighted by Gasteiger charge is 2.23. The third-order valence-corrected chi connectivity index (χ3v) is 4.47. The van der Waals surface area contributed by atoms with Crippen LogP contribution in [0.25, 0.3) is 0 Å². The first kappa shape index (κ1) is 16.1. The van der Waals surface area contributed by atoms with Crippen LogP contribution in [-0.2, 0) is 9.53 Å². The Morgan fingerprint density at radius 3 is 2.89 bits per heavy atom. The molecular weight excluding hydrogens is 268 g/mol. The number of thioether (sulfide) groups is 1.